The summed E-state index contributed by atoms with van der Waals surface area (Å²) in [7, 11) is 0. The van der Waals surface area contributed by atoms with E-state index in [1.54, 1.807) is 6.20 Å². The van der Waals surface area contributed by atoms with Crippen LogP contribution >= 0.6 is 0 Å². The Hall–Kier alpha value is -2.44. The summed E-state index contributed by atoms with van der Waals surface area (Å²) in [6.07, 6.45) is 3.82. The minimum absolute atomic E-state index is 0.0176. The molecule has 3 heterocycles. The van der Waals surface area contributed by atoms with E-state index in [1.165, 1.54) is 0 Å². The van der Waals surface area contributed by atoms with Crippen LogP contribution < -0.4 is 15.1 Å². The Morgan fingerprint density at radius 3 is 2.68 bits per heavy atom. The number of benzene rings is 1. The van der Waals surface area contributed by atoms with Crippen molar-refractivity contribution in [1.82, 2.24) is 10.3 Å². The zero-order valence-electron chi connectivity index (χ0n) is 16.4. The smallest absolute Gasteiger partial charge is 0.259 e. The van der Waals surface area contributed by atoms with Crippen LogP contribution in [-0.4, -0.2) is 56.3 Å². The van der Waals surface area contributed by atoms with Crippen LogP contribution in [-0.2, 0) is 4.74 Å². The monoisotopic (exact) mass is 380 g/mol. The normalized spacial score (nSPS) is 20.0. The number of nitrogens with zero attached hydrogens (tertiary/aromatic N) is 3. The molecule has 6 nitrogen and oxygen atoms in total. The molecule has 0 bridgehead atoms. The fraction of sp³-hybridized carbons (Fsp3) is 0.455. The molecule has 148 valence electrons. The van der Waals surface area contributed by atoms with E-state index in [0.717, 1.165) is 69.3 Å². The van der Waals surface area contributed by atoms with Crippen LogP contribution in [0.15, 0.2) is 42.6 Å². The van der Waals surface area contributed by atoms with Gasteiger partial charge < -0.3 is 15.0 Å². The van der Waals surface area contributed by atoms with Crippen LogP contribution in [0.3, 0.4) is 0 Å². The summed E-state index contributed by atoms with van der Waals surface area (Å²) in [5.41, 5.74) is 2.86. The van der Waals surface area contributed by atoms with Gasteiger partial charge in [0.15, 0.2) is 0 Å². The molecule has 6 heteroatoms. The van der Waals surface area contributed by atoms with Crippen molar-refractivity contribution in [1.29, 1.82) is 0 Å². The van der Waals surface area contributed by atoms with E-state index in [2.05, 4.69) is 15.2 Å². The minimum atomic E-state index is 0.0176. The first-order valence-corrected chi connectivity index (χ1v) is 10.1. The predicted molar refractivity (Wildman–Crippen MR) is 111 cm³/mol. The lowest BCUT2D eigenvalue weighted by molar-refractivity contribution is 0.0971. The number of nitrogens with one attached hydrogen (secondary N) is 1. The van der Waals surface area contributed by atoms with Crippen molar-refractivity contribution in [3.63, 3.8) is 0 Å². The third-order valence-electron chi connectivity index (χ3n) is 5.56. The first kappa shape index (κ1) is 18.9. The quantitative estimate of drug-likeness (QED) is 0.884. The molecule has 28 heavy (non-hydrogen) atoms. The van der Waals surface area contributed by atoms with Gasteiger partial charge in [-0.3, -0.25) is 9.69 Å². The van der Waals surface area contributed by atoms with Gasteiger partial charge in [0.2, 0.25) is 0 Å². The third-order valence-corrected chi connectivity index (χ3v) is 5.56. The average Bonchev–Trinajstić information content (AvgIpc) is 2.77. The summed E-state index contributed by atoms with van der Waals surface area (Å²) >= 11 is 0. The van der Waals surface area contributed by atoms with Crippen molar-refractivity contribution in [2.24, 2.45) is 0 Å². The molecular weight excluding hydrogens is 352 g/mol. The average molecular weight is 380 g/mol. The maximum atomic E-state index is 13.5. The first-order chi connectivity index (χ1) is 13.7. The molecule has 0 radical (unpaired) electrons. The van der Waals surface area contributed by atoms with Crippen molar-refractivity contribution < 1.29 is 9.53 Å². The van der Waals surface area contributed by atoms with Crippen LogP contribution in [0, 0.1) is 6.92 Å². The SMILES string of the molecule is Cc1cccnc1N(C(=O)c1ccc(N2CCOCC2)cc1)[C@@H]1CCCNC1. The van der Waals surface area contributed by atoms with E-state index < -0.39 is 0 Å². The maximum absolute atomic E-state index is 13.5. The van der Waals surface area contributed by atoms with Crippen LogP contribution in [0.4, 0.5) is 11.5 Å². The van der Waals surface area contributed by atoms with Gasteiger partial charge in [-0.15, -0.1) is 0 Å². The summed E-state index contributed by atoms with van der Waals surface area (Å²) in [4.78, 5) is 22.2. The Bertz CT molecular complexity index is 796. The lowest BCUT2D eigenvalue weighted by Gasteiger charge is -2.35. The third kappa shape index (κ3) is 4.03. The number of piperidine rings is 1. The second-order valence-corrected chi connectivity index (χ2v) is 7.47. The van der Waals surface area contributed by atoms with Crippen molar-refractivity contribution in [3.8, 4) is 0 Å². The van der Waals surface area contributed by atoms with Crippen molar-refractivity contribution in [3.05, 3.63) is 53.7 Å². The zero-order valence-corrected chi connectivity index (χ0v) is 16.4. The van der Waals surface area contributed by atoms with Crippen LogP contribution in [0.2, 0.25) is 0 Å². The lowest BCUT2D eigenvalue weighted by atomic mass is 10.0. The Kier molecular flexibility index (Phi) is 5.88. The second kappa shape index (κ2) is 8.71. The number of aromatic nitrogens is 1. The van der Waals surface area contributed by atoms with Gasteiger partial charge in [-0.05, 0) is 62.2 Å². The van der Waals surface area contributed by atoms with Gasteiger partial charge >= 0.3 is 0 Å². The first-order valence-electron chi connectivity index (χ1n) is 10.1. The molecule has 0 saturated carbocycles. The molecule has 1 aromatic carbocycles. The number of hydrogen-bond donors (Lipinski definition) is 1. The Morgan fingerprint density at radius 1 is 1.21 bits per heavy atom. The second-order valence-electron chi connectivity index (χ2n) is 7.47. The van der Waals surface area contributed by atoms with E-state index in [0.29, 0.717) is 5.56 Å². The zero-order chi connectivity index (χ0) is 19.3. The molecule has 2 aliphatic rings. The molecule has 2 aliphatic heterocycles. The largest absolute Gasteiger partial charge is 0.378 e. The van der Waals surface area contributed by atoms with Crippen LogP contribution in [0.5, 0.6) is 0 Å². The van der Waals surface area contributed by atoms with Gasteiger partial charge in [-0.2, -0.15) is 0 Å². The number of hydrogen-bond acceptors (Lipinski definition) is 5. The van der Waals surface area contributed by atoms with Gasteiger partial charge in [-0.25, -0.2) is 4.98 Å². The molecule has 0 spiro atoms. The van der Waals surface area contributed by atoms with Crippen molar-refractivity contribution in [2.45, 2.75) is 25.8 Å². The van der Waals surface area contributed by atoms with Gasteiger partial charge in [0.05, 0.1) is 19.3 Å². The highest BCUT2D eigenvalue weighted by Crippen LogP contribution is 2.25. The van der Waals surface area contributed by atoms with Crippen molar-refractivity contribution >= 4 is 17.4 Å². The highest BCUT2D eigenvalue weighted by molar-refractivity contribution is 6.06. The fourth-order valence-electron chi connectivity index (χ4n) is 3.99. The fourth-order valence-corrected chi connectivity index (χ4v) is 3.99. The molecule has 2 fully saturated rings. The number of ether oxygens (including phenoxy) is 1. The van der Waals surface area contributed by atoms with Gasteiger partial charge in [-0.1, -0.05) is 6.07 Å². The number of carbonyl (C=O) groups excluding carboxylic acids is 1. The molecule has 2 aromatic rings. The standard InChI is InChI=1S/C22H28N4O2/c1-17-4-2-11-24-21(17)26(20-5-3-10-23-16-20)22(27)18-6-8-19(9-7-18)25-12-14-28-15-13-25/h2,4,6-9,11,20,23H,3,5,10,12-16H2,1H3/t20-/m1/s1. The van der Waals surface area contributed by atoms with Gasteiger partial charge in [0.25, 0.3) is 5.91 Å². The van der Waals surface area contributed by atoms with Gasteiger partial charge in [0.1, 0.15) is 5.82 Å². The molecule has 1 N–H and O–H groups in total. The topological polar surface area (TPSA) is 57.7 Å². The van der Waals surface area contributed by atoms with E-state index in [-0.39, 0.29) is 11.9 Å². The number of rotatable bonds is 4. The minimum Gasteiger partial charge on any atom is -0.378 e. The Labute approximate surface area is 166 Å². The van der Waals surface area contributed by atoms with Crippen LogP contribution in [0.25, 0.3) is 0 Å². The summed E-state index contributed by atoms with van der Waals surface area (Å²) in [6, 6.07) is 12.0. The number of morpholine rings is 1. The molecule has 0 aliphatic carbocycles. The lowest BCUT2D eigenvalue weighted by Crippen LogP contribution is -2.49. The molecule has 1 amide bonds. The number of pyridine rings is 1. The van der Waals surface area contributed by atoms with E-state index in [9.17, 15) is 4.79 Å². The van der Waals surface area contributed by atoms with Crippen molar-refractivity contribution in [2.75, 3.05) is 49.2 Å². The molecule has 1 atom stereocenters. The molecular formula is C22H28N4O2. The summed E-state index contributed by atoms with van der Waals surface area (Å²) in [6.45, 7) is 7.10. The number of amides is 1. The molecule has 2 saturated heterocycles. The highest BCUT2D eigenvalue weighted by Gasteiger charge is 2.29. The molecule has 4 rings (SSSR count). The number of carbonyl (C=O) groups is 1. The number of anilines is 2. The maximum Gasteiger partial charge on any atom is 0.259 e. The van der Waals surface area contributed by atoms with Gasteiger partial charge in [0, 0.05) is 37.1 Å². The molecule has 0 unspecified atom stereocenters. The summed E-state index contributed by atoms with van der Waals surface area (Å²) in [5, 5.41) is 3.42. The van der Waals surface area contributed by atoms with E-state index >= 15 is 0 Å². The van der Waals surface area contributed by atoms with E-state index in [1.807, 2.05) is 48.2 Å². The van der Waals surface area contributed by atoms with E-state index in [4.69, 9.17) is 4.74 Å². The summed E-state index contributed by atoms with van der Waals surface area (Å²) < 4.78 is 5.43. The van der Waals surface area contributed by atoms with Crippen LogP contribution in [0.1, 0.15) is 28.8 Å². The Balaban J connectivity index is 1.60. The molecule has 1 aromatic heterocycles. The number of aryl methyl sites for hydroxylation is 1. The predicted octanol–water partition coefficient (Wildman–Crippen LogP) is 2.63. The Morgan fingerprint density at radius 2 is 2.00 bits per heavy atom. The summed E-state index contributed by atoms with van der Waals surface area (Å²) in [5.74, 6) is 0.780. The highest BCUT2D eigenvalue weighted by atomic mass is 16.5.